The van der Waals surface area contributed by atoms with Gasteiger partial charge in [0.05, 0.1) is 144 Å². The van der Waals surface area contributed by atoms with E-state index in [-0.39, 0.29) is 57.1 Å². The van der Waals surface area contributed by atoms with E-state index in [1.807, 2.05) is 287 Å². The van der Waals surface area contributed by atoms with E-state index in [4.69, 9.17) is 0 Å². The van der Waals surface area contributed by atoms with Crippen LogP contribution in [0.1, 0.15) is 33.4 Å². The molecule has 20 aromatic carbocycles. The Morgan fingerprint density at radius 2 is 0.392 bits per heavy atom. The van der Waals surface area contributed by atoms with E-state index in [0.717, 1.165) is 148 Å². The van der Waals surface area contributed by atoms with E-state index in [9.17, 15) is 36.9 Å². The molecule has 0 saturated carbocycles. The zero-order chi connectivity index (χ0) is 100. The number of alkyl halides is 12. The number of para-hydroxylation sites is 10. The maximum Gasteiger partial charge on any atom is 0.417 e. The van der Waals surface area contributed by atoms with Crippen LogP contribution >= 0.6 is 0 Å². The molecule has 0 atom stereocenters. The molecule has 28 rings (SSSR count). The van der Waals surface area contributed by atoms with Gasteiger partial charge in [0, 0.05) is 120 Å². The van der Waals surface area contributed by atoms with Gasteiger partial charge in [-0.2, -0.15) is 63.2 Å². The summed E-state index contributed by atoms with van der Waals surface area (Å²) in [6.45, 7) is 0. The molecule has 148 heavy (non-hydrogen) atoms. The lowest BCUT2D eigenvalue weighted by atomic mass is 9.93. The summed E-state index contributed by atoms with van der Waals surface area (Å²) in [6, 6.07) is 129. The SMILES string of the molecule is N#Cc1cc(-n2c3ccccc3c3cc(-n4c5ccccc5c5cc(-c6ccc7c8ccccc8n(-c8ccc9c%10ccccc%10n(-c%10cc(-c%11ccc(C(F)(F)F)cc%11C(F)(F)F)c(-n%11c%12ccccc%12c%12ccc(-n%13c%14ccccc%14c%14ccccc%14%13)cc%12%11)cc%10C#N)c9c8)c7c6)ccc54)ccc32)c(-c2ccc(C(F)(F)F)cc2C(F)(F)F)cc1-n1c2ccccc2c2cc(-n3c4ccccc4c4ccccc43)ccc21. The average molecular weight is 1950 g/mol. The molecule has 8 heterocycles. The van der Waals surface area contributed by atoms with E-state index < -0.39 is 58.1 Å². The zero-order valence-electron chi connectivity index (χ0n) is 77.3. The minimum absolute atomic E-state index is 0.0377. The molecule has 8 aromatic heterocycles. The fourth-order valence-corrected chi connectivity index (χ4v) is 23.6. The smallest absolute Gasteiger partial charge is 0.309 e. The van der Waals surface area contributed by atoms with Gasteiger partial charge in [-0.3, -0.25) is 0 Å². The van der Waals surface area contributed by atoms with E-state index in [1.165, 1.54) is 12.1 Å². The molecular weight excluding hydrogens is 1880 g/mol. The third kappa shape index (κ3) is 12.9. The van der Waals surface area contributed by atoms with Crippen LogP contribution in [-0.2, 0) is 24.7 Å². The van der Waals surface area contributed by atoms with E-state index >= 15 is 26.3 Å². The zero-order valence-corrected chi connectivity index (χ0v) is 77.3. The predicted molar refractivity (Wildman–Crippen MR) is 567 cm³/mol. The molecule has 0 fully saturated rings. The monoisotopic (exact) mass is 1950 g/mol. The molecule has 0 N–H and O–H groups in total. The molecule has 28 aromatic rings. The highest BCUT2D eigenvalue weighted by Crippen LogP contribution is 2.53. The van der Waals surface area contributed by atoms with Crippen LogP contribution in [0.5, 0.6) is 0 Å². The van der Waals surface area contributed by atoms with Crippen LogP contribution < -0.4 is 0 Å². The first-order valence-electron chi connectivity index (χ1n) is 47.8. The summed E-state index contributed by atoms with van der Waals surface area (Å²) >= 11 is 0. The summed E-state index contributed by atoms with van der Waals surface area (Å²) in [5.74, 6) is 0. The molecule has 0 saturated heterocycles. The first kappa shape index (κ1) is 86.8. The number of rotatable bonds is 11. The topological polar surface area (TPSA) is 87.0 Å². The minimum atomic E-state index is -5.34. The van der Waals surface area contributed by atoms with Crippen molar-refractivity contribution in [1.29, 1.82) is 10.5 Å². The van der Waals surface area contributed by atoms with Gasteiger partial charge < -0.3 is 36.5 Å². The van der Waals surface area contributed by atoms with Crippen molar-refractivity contribution in [3.8, 4) is 91.0 Å². The number of aromatic nitrogens is 8. The Labute approximate surface area is 830 Å². The van der Waals surface area contributed by atoms with Crippen LogP contribution in [-0.4, -0.2) is 36.5 Å². The van der Waals surface area contributed by atoms with Gasteiger partial charge in [0.15, 0.2) is 0 Å². The number of hydrogen-bond donors (Lipinski definition) is 0. The third-order valence-electron chi connectivity index (χ3n) is 29.8. The van der Waals surface area contributed by atoms with Gasteiger partial charge in [-0.25, -0.2) is 0 Å². The van der Waals surface area contributed by atoms with Crippen molar-refractivity contribution in [3.05, 3.63) is 446 Å². The molecule has 0 amide bonds. The second-order valence-corrected chi connectivity index (χ2v) is 37.6. The number of nitrogens with zero attached hydrogens (tertiary/aromatic N) is 10. The Morgan fingerprint density at radius 3 is 0.723 bits per heavy atom. The van der Waals surface area contributed by atoms with Crippen molar-refractivity contribution in [2.24, 2.45) is 0 Å². The van der Waals surface area contributed by atoms with Crippen molar-refractivity contribution >= 4 is 174 Å². The lowest BCUT2D eigenvalue weighted by molar-refractivity contribution is -0.144. The molecule has 0 spiro atoms. The Morgan fingerprint density at radius 1 is 0.162 bits per heavy atom. The summed E-state index contributed by atoms with van der Waals surface area (Å²) in [5, 5.41) is 37.1. The van der Waals surface area contributed by atoms with E-state index in [2.05, 4.69) is 103 Å². The summed E-state index contributed by atoms with van der Waals surface area (Å²) in [4.78, 5) is 0. The van der Waals surface area contributed by atoms with Gasteiger partial charge in [-0.15, -0.1) is 0 Å². The van der Waals surface area contributed by atoms with Gasteiger partial charge in [0.2, 0.25) is 0 Å². The van der Waals surface area contributed by atoms with Crippen molar-refractivity contribution in [2.45, 2.75) is 24.7 Å². The van der Waals surface area contributed by atoms with Gasteiger partial charge in [-0.1, -0.05) is 224 Å². The summed E-state index contributed by atoms with van der Waals surface area (Å²) in [6.07, 6.45) is -21.0. The summed E-state index contributed by atoms with van der Waals surface area (Å²) < 4.78 is 203. The summed E-state index contributed by atoms with van der Waals surface area (Å²) in [5.41, 5.74) is 9.35. The van der Waals surface area contributed by atoms with Crippen LogP contribution in [0.25, 0.3) is 253 Å². The first-order valence-corrected chi connectivity index (χ1v) is 47.8. The molecule has 0 unspecified atom stereocenters. The van der Waals surface area contributed by atoms with E-state index in [0.29, 0.717) is 84.1 Å². The Kier molecular flexibility index (Phi) is 18.6. The normalized spacial score (nSPS) is 12.6. The van der Waals surface area contributed by atoms with Crippen molar-refractivity contribution < 1.29 is 52.7 Å². The van der Waals surface area contributed by atoms with Gasteiger partial charge in [0.25, 0.3) is 0 Å². The highest BCUT2D eigenvalue weighted by atomic mass is 19.4. The first-order chi connectivity index (χ1) is 71.9. The lowest BCUT2D eigenvalue weighted by Gasteiger charge is -2.22. The maximum atomic E-state index is 16.3. The average Bonchev–Trinajstić information content (AvgIpc) is 1.55. The fourth-order valence-electron chi connectivity index (χ4n) is 23.6. The minimum Gasteiger partial charge on any atom is -0.309 e. The molecule has 0 radical (unpaired) electrons. The number of halogens is 12. The standard InChI is InChI=1S/C126H68F12N10/c127-123(128,129)75-43-50-81(101(61-75)125(133,134)135)99-67-116(145-111-39-19-9-29-91(111)97-63-77(47-55-114(97)145)141-103-31-11-1-21-83(103)84-22-2-12-32-104(84)141)73(69-139)59-119(99)146-112-40-20-10-30-92(112)98-64-78(48-56-115(98)146)142-108-36-16-8-28-90(108)96-57-71(42-54-113(96)142)72-41-49-93-87-25-5-15-35-107(87)144(118(93)58-72)80-46-53-94-88-26-6-17-37-109(88)147(121(94)66-80)117-68-100(82-51-44-76(124(130,131)132)62-102(82)126(136,137)138)120(60-74(117)70-140)148-110-38-18-7-27-89(110)95-52-45-79(65-122(95)148)143-105-33-13-3-23-85(105)86-24-4-14-34-106(86)143/h1-68H. The number of fused-ring (bicyclic) bond motifs is 24. The van der Waals surface area contributed by atoms with Gasteiger partial charge in [0.1, 0.15) is 12.1 Å². The molecule has 0 bridgehead atoms. The lowest BCUT2D eigenvalue weighted by Crippen LogP contribution is -2.13. The van der Waals surface area contributed by atoms with Crippen molar-refractivity contribution in [1.82, 2.24) is 36.5 Å². The largest absolute Gasteiger partial charge is 0.417 e. The maximum absolute atomic E-state index is 16.3. The Balaban J connectivity index is 0.593. The quantitative estimate of drug-likeness (QED) is 0.121. The molecule has 0 aliphatic carbocycles. The number of hydrogen-bond acceptors (Lipinski definition) is 2. The highest BCUT2D eigenvalue weighted by molar-refractivity contribution is 6.19. The summed E-state index contributed by atoms with van der Waals surface area (Å²) in [7, 11) is 0. The fraction of sp³-hybridized carbons (Fsp3) is 0.0317. The molecular formula is C126H68F12N10. The number of nitriles is 2. The second kappa shape index (κ2) is 31.7. The predicted octanol–water partition coefficient (Wildman–Crippen LogP) is 35.3. The van der Waals surface area contributed by atoms with Crippen LogP contribution in [0.2, 0.25) is 0 Å². The third-order valence-corrected chi connectivity index (χ3v) is 29.8. The molecule has 10 nitrogen and oxygen atoms in total. The van der Waals surface area contributed by atoms with Crippen LogP contribution in [0.4, 0.5) is 52.7 Å². The van der Waals surface area contributed by atoms with E-state index in [1.54, 1.807) is 22.8 Å². The van der Waals surface area contributed by atoms with Gasteiger partial charge >= 0.3 is 24.7 Å². The molecule has 706 valence electrons. The molecule has 0 aliphatic rings. The van der Waals surface area contributed by atoms with Crippen LogP contribution in [0.15, 0.2) is 413 Å². The Bertz CT molecular complexity index is 10700. The Hall–Kier alpha value is -19.1. The van der Waals surface area contributed by atoms with Crippen molar-refractivity contribution in [2.75, 3.05) is 0 Å². The molecule has 0 aliphatic heterocycles. The second-order valence-electron chi connectivity index (χ2n) is 37.6. The van der Waals surface area contributed by atoms with Crippen LogP contribution in [0.3, 0.4) is 0 Å². The highest BCUT2D eigenvalue weighted by Gasteiger charge is 2.43. The van der Waals surface area contributed by atoms with Crippen LogP contribution in [0, 0.1) is 22.7 Å². The number of benzene rings is 20. The van der Waals surface area contributed by atoms with Crippen molar-refractivity contribution in [3.63, 3.8) is 0 Å². The molecule has 22 heteroatoms. The van der Waals surface area contributed by atoms with Gasteiger partial charge in [-0.05, 0) is 210 Å².